The van der Waals surface area contributed by atoms with Crippen LogP contribution in [0.4, 0.5) is 5.69 Å². The Morgan fingerprint density at radius 2 is 1.80 bits per heavy atom. The highest BCUT2D eigenvalue weighted by Gasteiger charge is 2.12. The number of anilines is 1. The van der Waals surface area contributed by atoms with Crippen molar-refractivity contribution >= 4 is 15.5 Å². The minimum Gasteiger partial charge on any atom is -0.381 e. The molecular formula is C15H26N2O2S. The lowest BCUT2D eigenvalue weighted by Crippen LogP contribution is -2.27. The maximum Gasteiger partial charge on any atom is 0.149 e. The second-order valence-corrected chi connectivity index (χ2v) is 7.44. The Morgan fingerprint density at radius 1 is 1.20 bits per heavy atom. The summed E-state index contributed by atoms with van der Waals surface area (Å²) >= 11 is 0. The third kappa shape index (κ3) is 5.92. The van der Waals surface area contributed by atoms with E-state index in [4.69, 9.17) is 0 Å². The molecule has 1 N–H and O–H groups in total. The molecule has 5 heteroatoms. The number of nitrogens with zero attached hydrogens (tertiary/aromatic N) is 1. The molecule has 114 valence electrons. The van der Waals surface area contributed by atoms with Crippen LogP contribution in [0, 0.1) is 0 Å². The van der Waals surface area contributed by atoms with Crippen molar-refractivity contribution in [1.29, 1.82) is 0 Å². The Bertz CT molecular complexity index is 510. The monoisotopic (exact) mass is 298 g/mol. The fourth-order valence-electron chi connectivity index (χ4n) is 2.25. The van der Waals surface area contributed by atoms with E-state index in [-0.39, 0.29) is 11.8 Å². The maximum absolute atomic E-state index is 11.3. The standard InChI is InChI=1S/C15H26N2O2S/c1-5-17(6-2)11-14-9-7-8-10-15(14)16-13(3)12-20(4,18)19/h7-10,13,16H,5-6,11-12H2,1-4H3. The van der Waals surface area contributed by atoms with Gasteiger partial charge in [-0.15, -0.1) is 0 Å². The van der Waals surface area contributed by atoms with Crippen molar-refractivity contribution in [3.8, 4) is 0 Å². The fraction of sp³-hybridized carbons (Fsp3) is 0.600. The molecule has 1 unspecified atom stereocenters. The van der Waals surface area contributed by atoms with Gasteiger partial charge in [-0.05, 0) is 31.6 Å². The lowest BCUT2D eigenvalue weighted by molar-refractivity contribution is 0.296. The largest absolute Gasteiger partial charge is 0.381 e. The van der Waals surface area contributed by atoms with Crippen LogP contribution in [0.2, 0.25) is 0 Å². The van der Waals surface area contributed by atoms with Gasteiger partial charge in [0.2, 0.25) is 0 Å². The molecular weight excluding hydrogens is 272 g/mol. The first-order valence-corrected chi connectivity index (χ1v) is 9.16. The van der Waals surface area contributed by atoms with Gasteiger partial charge in [0.05, 0.1) is 5.75 Å². The highest BCUT2D eigenvalue weighted by Crippen LogP contribution is 2.18. The van der Waals surface area contributed by atoms with Gasteiger partial charge >= 0.3 is 0 Å². The van der Waals surface area contributed by atoms with E-state index < -0.39 is 9.84 Å². The SMILES string of the molecule is CCN(CC)Cc1ccccc1NC(C)CS(C)(=O)=O. The molecule has 4 nitrogen and oxygen atoms in total. The first kappa shape index (κ1) is 17.0. The topological polar surface area (TPSA) is 49.4 Å². The van der Waals surface area contributed by atoms with E-state index in [2.05, 4.69) is 30.1 Å². The molecule has 0 bridgehead atoms. The van der Waals surface area contributed by atoms with Crippen LogP contribution in [0.15, 0.2) is 24.3 Å². The minimum absolute atomic E-state index is 0.0946. The summed E-state index contributed by atoms with van der Waals surface area (Å²) in [6.07, 6.45) is 1.27. The molecule has 0 aromatic heterocycles. The number of benzene rings is 1. The van der Waals surface area contributed by atoms with E-state index in [0.29, 0.717) is 0 Å². The summed E-state index contributed by atoms with van der Waals surface area (Å²) in [4.78, 5) is 2.34. The number of nitrogens with one attached hydrogen (secondary N) is 1. The van der Waals surface area contributed by atoms with E-state index >= 15 is 0 Å². The van der Waals surface area contributed by atoms with Crippen molar-refractivity contribution in [2.45, 2.75) is 33.4 Å². The number of rotatable bonds is 8. The van der Waals surface area contributed by atoms with Gasteiger partial charge in [0.25, 0.3) is 0 Å². The third-order valence-electron chi connectivity index (χ3n) is 3.26. The zero-order chi connectivity index (χ0) is 15.2. The van der Waals surface area contributed by atoms with E-state index in [1.807, 2.05) is 25.1 Å². The molecule has 0 aliphatic carbocycles. The summed E-state index contributed by atoms with van der Waals surface area (Å²) < 4.78 is 22.7. The van der Waals surface area contributed by atoms with Gasteiger partial charge in [-0.2, -0.15) is 0 Å². The molecule has 1 atom stereocenters. The quantitative estimate of drug-likeness (QED) is 0.800. The minimum atomic E-state index is -2.96. The van der Waals surface area contributed by atoms with Crippen LogP contribution in [-0.2, 0) is 16.4 Å². The predicted octanol–water partition coefficient (Wildman–Crippen LogP) is 2.37. The van der Waals surface area contributed by atoms with Crippen LogP contribution in [0.3, 0.4) is 0 Å². The van der Waals surface area contributed by atoms with Crippen LogP contribution >= 0.6 is 0 Å². The van der Waals surface area contributed by atoms with Crippen LogP contribution in [-0.4, -0.2) is 44.5 Å². The van der Waals surface area contributed by atoms with Gasteiger partial charge < -0.3 is 5.32 Å². The Labute approximate surface area is 123 Å². The molecule has 1 rings (SSSR count). The van der Waals surface area contributed by atoms with Crippen LogP contribution in [0.5, 0.6) is 0 Å². The number of hydrogen-bond acceptors (Lipinski definition) is 4. The summed E-state index contributed by atoms with van der Waals surface area (Å²) in [6, 6.07) is 8.00. The second kappa shape index (κ2) is 7.64. The highest BCUT2D eigenvalue weighted by molar-refractivity contribution is 7.90. The highest BCUT2D eigenvalue weighted by atomic mass is 32.2. The molecule has 0 saturated heterocycles. The smallest absolute Gasteiger partial charge is 0.149 e. The van der Waals surface area contributed by atoms with Crippen molar-refractivity contribution in [1.82, 2.24) is 4.90 Å². The lowest BCUT2D eigenvalue weighted by atomic mass is 10.1. The zero-order valence-electron chi connectivity index (χ0n) is 12.9. The van der Waals surface area contributed by atoms with Crippen molar-refractivity contribution in [3.63, 3.8) is 0 Å². The average molecular weight is 298 g/mol. The summed E-state index contributed by atoms with van der Waals surface area (Å²) in [5.74, 6) is 0.145. The zero-order valence-corrected chi connectivity index (χ0v) is 13.7. The van der Waals surface area contributed by atoms with Crippen molar-refractivity contribution in [2.75, 3.05) is 30.4 Å². The van der Waals surface area contributed by atoms with E-state index in [1.165, 1.54) is 11.8 Å². The van der Waals surface area contributed by atoms with Gasteiger partial charge in [-0.25, -0.2) is 8.42 Å². The van der Waals surface area contributed by atoms with Gasteiger partial charge in [0, 0.05) is 24.5 Å². The molecule has 0 radical (unpaired) electrons. The molecule has 0 aliphatic heterocycles. The van der Waals surface area contributed by atoms with E-state index in [9.17, 15) is 8.42 Å². The van der Waals surface area contributed by atoms with Crippen LogP contribution in [0.25, 0.3) is 0 Å². The molecule has 0 amide bonds. The number of sulfone groups is 1. The molecule has 0 fully saturated rings. The summed E-state index contributed by atoms with van der Waals surface area (Å²) in [5, 5.41) is 3.31. The Morgan fingerprint density at radius 3 is 2.35 bits per heavy atom. The normalized spacial score (nSPS) is 13.4. The predicted molar refractivity (Wildman–Crippen MR) is 85.9 cm³/mol. The van der Waals surface area contributed by atoms with Gasteiger partial charge in [0.1, 0.15) is 9.84 Å². The molecule has 1 aromatic carbocycles. The summed E-state index contributed by atoms with van der Waals surface area (Å²) in [6.45, 7) is 9.07. The number of hydrogen-bond donors (Lipinski definition) is 1. The fourth-order valence-corrected chi connectivity index (χ4v) is 3.24. The molecule has 0 aliphatic rings. The Hall–Kier alpha value is -1.07. The Balaban J connectivity index is 2.79. The molecule has 1 aromatic rings. The molecule has 0 saturated carbocycles. The molecule has 0 heterocycles. The Kier molecular flexibility index (Phi) is 6.49. The van der Waals surface area contributed by atoms with Crippen LogP contribution < -0.4 is 5.32 Å². The van der Waals surface area contributed by atoms with Crippen molar-refractivity contribution in [3.05, 3.63) is 29.8 Å². The molecule has 20 heavy (non-hydrogen) atoms. The summed E-state index contributed by atoms with van der Waals surface area (Å²) in [5.41, 5.74) is 2.23. The van der Waals surface area contributed by atoms with Crippen LogP contribution in [0.1, 0.15) is 26.3 Å². The summed E-state index contributed by atoms with van der Waals surface area (Å²) in [7, 11) is -2.96. The molecule has 0 spiro atoms. The van der Waals surface area contributed by atoms with Gasteiger partial charge in [0.15, 0.2) is 0 Å². The first-order chi connectivity index (χ1) is 9.35. The number of para-hydroxylation sites is 1. The van der Waals surface area contributed by atoms with Gasteiger partial charge in [-0.1, -0.05) is 32.0 Å². The first-order valence-electron chi connectivity index (χ1n) is 7.10. The lowest BCUT2D eigenvalue weighted by Gasteiger charge is -2.22. The second-order valence-electron chi connectivity index (χ2n) is 5.26. The third-order valence-corrected chi connectivity index (χ3v) is 4.37. The maximum atomic E-state index is 11.3. The average Bonchev–Trinajstić information content (AvgIpc) is 2.35. The van der Waals surface area contributed by atoms with Crippen molar-refractivity contribution in [2.24, 2.45) is 0 Å². The van der Waals surface area contributed by atoms with E-state index in [1.54, 1.807) is 0 Å². The van der Waals surface area contributed by atoms with Crippen molar-refractivity contribution < 1.29 is 8.42 Å². The van der Waals surface area contributed by atoms with Gasteiger partial charge in [-0.3, -0.25) is 4.90 Å². The van der Waals surface area contributed by atoms with E-state index in [0.717, 1.165) is 25.3 Å².